The molecule has 4 nitrogen and oxygen atoms in total. The van der Waals surface area contributed by atoms with Crippen molar-refractivity contribution in [2.45, 2.75) is 245 Å². The molecule has 0 saturated carbocycles. The maximum atomic E-state index is 6.48. The largest absolute Gasteiger partial charge is 0.298 e. The second-order valence-electron chi connectivity index (χ2n) is 18.3. The van der Waals surface area contributed by atoms with Crippen molar-refractivity contribution in [3.8, 4) is 0 Å². The topological polar surface area (TPSA) is 24.9 Å². The normalized spacial score (nSPS) is 22.0. The maximum Gasteiger partial charge on any atom is 0.0685 e. The average Bonchev–Trinajstić information content (AvgIpc) is 2.94. The van der Waals surface area contributed by atoms with Crippen molar-refractivity contribution in [2.75, 3.05) is 13.2 Å². The van der Waals surface area contributed by atoms with E-state index in [9.17, 15) is 0 Å². The first-order valence-corrected chi connectivity index (χ1v) is 20.6. The smallest absolute Gasteiger partial charge is 0.0685 e. The molecule has 4 heteroatoms. The first-order chi connectivity index (χ1) is 21.7. The Morgan fingerprint density at radius 3 is 0.957 bits per heavy atom. The summed E-state index contributed by atoms with van der Waals surface area (Å²) >= 11 is 0. The maximum absolute atomic E-state index is 6.48. The summed E-state index contributed by atoms with van der Waals surface area (Å²) in [6.07, 6.45) is 32.2. The second-order valence-corrected chi connectivity index (χ2v) is 18.3. The van der Waals surface area contributed by atoms with E-state index in [0.29, 0.717) is 0 Å². The van der Waals surface area contributed by atoms with Gasteiger partial charge in [0.15, 0.2) is 0 Å². The van der Waals surface area contributed by atoms with Gasteiger partial charge >= 0.3 is 0 Å². The predicted molar refractivity (Wildman–Crippen MR) is 201 cm³/mol. The van der Waals surface area contributed by atoms with Crippen LogP contribution in [0.2, 0.25) is 0 Å². The van der Waals surface area contributed by atoms with Crippen molar-refractivity contribution >= 4 is 0 Å². The van der Waals surface area contributed by atoms with Gasteiger partial charge in [0.1, 0.15) is 0 Å². The van der Waals surface area contributed by atoms with Crippen molar-refractivity contribution < 1.29 is 9.68 Å². The summed E-state index contributed by atoms with van der Waals surface area (Å²) in [6.45, 7) is 25.7. The fourth-order valence-corrected chi connectivity index (χ4v) is 9.70. The summed E-state index contributed by atoms with van der Waals surface area (Å²) in [5.74, 6) is 1.65. The molecule has 0 aliphatic carbocycles. The standard InChI is InChI=1S/C42H84N2O2/c1-11-13-15-17-23-27-31-45-43-39(3,4)33-37(34-40(43,5)6)29-25-21-19-20-22-26-30-38-35-41(7,8)44(42(9,10)36-38)46-32-28-24-18-16-14-12-2/h37-38H,11-36H2,1-10H3. The fraction of sp³-hybridized carbons (Fsp3) is 1.00. The lowest BCUT2D eigenvalue weighted by Gasteiger charge is -2.54. The molecule has 2 rings (SSSR count). The number of nitrogens with zero attached hydrogens (tertiary/aromatic N) is 2. The van der Waals surface area contributed by atoms with E-state index in [4.69, 9.17) is 9.68 Å². The average molecular weight is 649 g/mol. The summed E-state index contributed by atoms with van der Waals surface area (Å²) in [7, 11) is 0. The predicted octanol–water partition coefficient (Wildman–Crippen LogP) is 13.2. The summed E-state index contributed by atoms with van der Waals surface area (Å²) < 4.78 is 0. The van der Waals surface area contributed by atoms with E-state index in [1.165, 1.54) is 154 Å². The molecule has 2 heterocycles. The molecule has 2 saturated heterocycles. The van der Waals surface area contributed by atoms with Gasteiger partial charge in [0.25, 0.3) is 0 Å². The van der Waals surface area contributed by atoms with E-state index >= 15 is 0 Å². The lowest BCUT2D eigenvalue weighted by Crippen LogP contribution is -2.60. The van der Waals surface area contributed by atoms with E-state index in [0.717, 1.165) is 25.0 Å². The Hall–Kier alpha value is -0.160. The number of hydrogen-bond acceptors (Lipinski definition) is 4. The van der Waals surface area contributed by atoms with Crippen LogP contribution in [0.15, 0.2) is 0 Å². The Bertz CT molecular complexity index is 676. The molecule has 274 valence electrons. The van der Waals surface area contributed by atoms with E-state index < -0.39 is 0 Å². The van der Waals surface area contributed by atoms with Crippen molar-refractivity contribution in [1.82, 2.24) is 10.1 Å². The molecule has 2 aliphatic heterocycles. The van der Waals surface area contributed by atoms with Gasteiger partial charge in [0, 0.05) is 22.2 Å². The number of unbranched alkanes of at least 4 members (excludes halogenated alkanes) is 15. The zero-order valence-electron chi connectivity index (χ0n) is 33.3. The molecule has 0 aromatic carbocycles. The van der Waals surface area contributed by atoms with Crippen molar-refractivity contribution in [3.05, 3.63) is 0 Å². The Morgan fingerprint density at radius 2 is 0.652 bits per heavy atom. The van der Waals surface area contributed by atoms with Crippen LogP contribution in [0.4, 0.5) is 0 Å². The third-order valence-electron chi connectivity index (χ3n) is 11.3. The van der Waals surface area contributed by atoms with Crippen molar-refractivity contribution in [3.63, 3.8) is 0 Å². The fourth-order valence-electron chi connectivity index (χ4n) is 9.70. The van der Waals surface area contributed by atoms with Gasteiger partial charge in [-0.25, -0.2) is 0 Å². The number of piperidine rings is 2. The second kappa shape index (κ2) is 21.1. The minimum atomic E-state index is 0.119. The Kier molecular flexibility index (Phi) is 19.3. The Labute approximate surface area is 289 Å². The molecule has 0 aromatic heterocycles. The highest BCUT2D eigenvalue weighted by atomic mass is 16.7. The molecular weight excluding hydrogens is 564 g/mol. The minimum absolute atomic E-state index is 0.119. The van der Waals surface area contributed by atoms with Crippen LogP contribution in [0.1, 0.15) is 223 Å². The van der Waals surface area contributed by atoms with Gasteiger partial charge in [-0.1, -0.05) is 129 Å². The molecule has 0 spiro atoms. The molecule has 0 N–H and O–H groups in total. The molecule has 0 bridgehead atoms. The minimum Gasteiger partial charge on any atom is -0.298 e. The van der Waals surface area contributed by atoms with Gasteiger partial charge in [0.05, 0.1) is 13.2 Å². The van der Waals surface area contributed by atoms with Gasteiger partial charge in [-0.2, -0.15) is 10.1 Å². The van der Waals surface area contributed by atoms with Crippen LogP contribution >= 0.6 is 0 Å². The summed E-state index contributed by atoms with van der Waals surface area (Å²) in [5, 5.41) is 4.77. The lowest BCUT2D eigenvalue weighted by atomic mass is 9.73. The zero-order chi connectivity index (χ0) is 34.1. The summed E-state index contributed by atoms with van der Waals surface area (Å²) in [6, 6.07) is 0. The molecule has 0 amide bonds. The molecular formula is C42H84N2O2. The number of hydrogen-bond donors (Lipinski definition) is 0. The molecule has 0 unspecified atom stereocenters. The van der Waals surface area contributed by atoms with E-state index in [2.05, 4.69) is 79.4 Å². The number of rotatable bonds is 25. The highest BCUT2D eigenvalue weighted by Gasteiger charge is 2.47. The van der Waals surface area contributed by atoms with Crippen LogP contribution in [-0.4, -0.2) is 45.5 Å². The Morgan fingerprint density at radius 1 is 0.391 bits per heavy atom. The van der Waals surface area contributed by atoms with Gasteiger partial charge in [-0.15, -0.1) is 0 Å². The Balaban J connectivity index is 1.59. The number of hydroxylamine groups is 4. The quantitative estimate of drug-likeness (QED) is 0.0920. The third-order valence-corrected chi connectivity index (χ3v) is 11.3. The van der Waals surface area contributed by atoms with Crippen LogP contribution in [0, 0.1) is 11.8 Å². The van der Waals surface area contributed by atoms with E-state index in [1.807, 2.05) is 0 Å². The summed E-state index contributed by atoms with van der Waals surface area (Å²) in [5.41, 5.74) is 0.476. The van der Waals surface area contributed by atoms with Crippen molar-refractivity contribution in [2.24, 2.45) is 11.8 Å². The SMILES string of the molecule is CCCCCCCCON1C(C)(C)CC(CCCCCCCCC2CC(C)(C)N(OCCCCCCCC)C(C)(C)C2)CC1(C)C. The monoisotopic (exact) mass is 649 g/mol. The van der Waals surface area contributed by atoms with Crippen molar-refractivity contribution in [1.29, 1.82) is 0 Å². The van der Waals surface area contributed by atoms with Crippen LogP contribution in [0.5, 0.6) is 0 Å². The first kappa shape index (κ1) is 42.0. The van der Waals surface area contributed by atoms with Gasteiger partial charge < -0.3 is 0 Å². The summed E-state index contributed by atoms with van der Waals surface area (Å²) in [4.78, 5) is 13.0. The highest BCUT2D eigenvalue weighted by Crippen LogP contribution is 2.44. The lowest BCUT2D eigenvalue weighted by molar-refractivity contribution is -0.288. The van der Waals surface area contributed by atoms with Crippen LogP contribution in [0.3, 0.4) is 0 Å². The van der Waals surface area contributed by atoms with Gasteiger partial charge in [0.2, 0.25) is 0 Å². The molecule has 46 heavy (non-hydrogen) atoms. The van der Waals surface area contributed by atoms with Crippen LogP contribution in [0.25, 0.3) is 0 Å². The van der Waals surface area contributed by atoms with Gasteiger partial charge in [-0.05, 0) is 106 Å². The van der Waals surface area contributed by atoms with E-state index in [-0.39, 0.29) is 22.2 Å². The molecule has 0 radical (unpaired) electrons. The van der Waals surface area contributed by atoms with Gasteiger partial charge in [-0.3, -0.25) is 9.68 Å². The van der Waals surface area contributed by atoms with Crippen LogP contribution in [-0.2, 0) is 9.68 Å². The highest BCUT2D eigenvalue weighted by molar-refractivity contribution is 4.97. The molecule has 0 aromatic rings. The first-order valence-electron chi connectivity index (χ1n) is 20.6. The molecule has 2 aliphatic rings. The molecule has 0 atom stereocenters. The van der Waals surface area contributed by atoms with E-state index in [1.54, 1.807) is 0 Å². The third kappa shape index (κ3) is 15.2. The zero-order valence-corrected chi connectivity index (χ0v) is 33.3. The van der Waals surface area contributed by atoms with Crippen LogP contribution < -0.4 is 0 Å². The molecule has 2 fully saturated rings.